The van der Waals surface area contributed by atoms with E-state index in [1.165, 1.54) is 0 Å². The van der Waals surface area contributed by atoms with Gasteiger partial charge in [0.25, 0.3) is 11.8 Å². The van der Waals surface area contributed by atoms with Crippen LogP contribution in [0.4, 0.5) is 0 Å². The van der Waals surface area contributed by atoms with Crippen molar-refractivity contribution >= 4 is 23.6 Å². The molecule has 4 rings (SSSR count). The Kier molecular flexibility index (Phi) is 5.94. The lowest BCUT2D eigenvalue weighted by Crippen LogP contribution is -2.54. The molecule has 4 amide bonds. The summed E-state index contributed by atoms with van der Waals surface area (Å²) in [5, 5.41) is 8.99. The van der Waals surface area contributed by atoms with Gasteiger partial charge in [-0.3, -0.25) is 29.4 Å². The minimum Gasteiger partial charge on any atom is -0.380 e. The summed E-state index contributed by atoms with van der Waals surface area (Å²) in [7, 11) is 1.72. The zero-order valence-corrected chi connectivity index (χ0v) is 16.9. The van der Waals surface area contributed by atoms with E-state index in [1.54, 1.807) is 19.2 Å². The van der Waals surface area contributed by atoms with Crippen LogP contribution >= 0.6 is 0 Å². The molecule has 160 valence electrons. The predicted octanol–water partition coefficient (Wildman–Crippen LogP) is -0.0556. The highest BCUT2D eigenvalue weighted by Gasteiger charge is 2.45. The van der Waals surface area contributed by atoms with E-state index in [9.17, 15) is 19.2 Å². The van der Waals surface area contributed by atoms with Crippen molar-refractivity contribution in [2.24, 2.45) is 0 Å². The van der Waals surface area contributed by atoms with Gasteiger partial charge in [-0.05, 0) is 37.4 Å². The number of hydrogen-bond donors (Lipinski definition) is 3. The molecule has 0 radical (unpaired) electrons. The molecule has 0 bridgehead atoms. The summed E-state index contributed by atoms with van der Waals surface area (Å²) in [5.74, 6) is -1.93. The van der Waals surface area contributed by atoms with Gasteiger partial charge in [0.2, 0.25) is 11.8 Å². The number of imide groups is 2. The largest absolute Gasteiger partial charge is 0.380 e. The van der Waals surface area contributed by atoms with E-state index in [0.29, 0.717) is 23.7 Å². The quantitative estimate of drug-likeness (QED) is 0.423. The lowest BCUT2D eigenvalue weighted by molar-refractivity contribution is -0.136. The van der Waals surface area contributed by atoms with E-state index in [-0.39, 0.29) is 24.9 Å². The summed E-state index contributed by atoms with van der Waals surface area (Å²) in [6.45, 7) is 2.07. The summed E-state index contributed by atoms with van der Waals surface area (Å²) in [6.07, 6.45) is 2.43. The molecule has 3 aliphatic heterocycles. The van der Waals surface area contributed by atoms with Crippen molar-refractivity contribution in [3.05, 3.63) is 34.9 Å². The van der Waals surface area contributed by atoms with Crippen molar-refractivity contribution in [3.63, 3.8) is 0 Å². The van der Waals surface area contributed by atoms with Crippen LogP contribution in [-0.4, -0.2) is 66.9 Å². The van der Waals surface area contributed by atoms with E-state index in [4.69, 9.17) is 4.74 Å². The number of methoxy groups -OCH3 is 1. The number of benzene rings is 1. The maximum Gasteiger partial charge on any atom is 0.262 e. The van der Waals surface area contributed by atoms with Crippen LogP contribution in [0.15, 0.2) is 18.2 Å². The number of nitrogens with one attached hydrogen (secondary N) is 3. The molecule has 1 unspecified atom stereocenters. The fourth-order valence-corrected chi connectivity index (χ4v) is 4.41. The summed E-state index contributed by atoms with van der Waals surface area (Å²) in [4.78, 5) is 50.5. The number of amides is 4. The fraction of sp³-hybridized carbons (Fsp3) is 0.524. The number of rotatable bonds is 7. The van der Waals surface area contributed by atoms with Gasteiger partial charge in [0, 0.05) is 32.7 Å². The maximum atomic E-state index is 13.1. The third-order valence-corrected chi connectivity index (χ3v) is 6.05. The van der Waals surface area contributed by atoms with Gasteiger partial charge in [-0.1, -0.05) is 12.1 Å². The van der Waals surface area contributed by atoms with Crippen LogP contribution in [0.2, 0.25) is 0 Å². The second-order valence-corrected chi connectivity index (χ2v) is 7.95. The van der Waals surface area contributed by atoms with Crippen molar-refractivity contribution in [2.75, 3.05) is 20.2 Å². The van der Waals surface area contributed by atoms with Crippen LogP contribution in [0.3, 0.4) is 0 Å². The van der Waals surface area contributed by atoms with Crippen LogP contribution in [0.5, 0.6) is 0 Å². The summed E-state index contributed by atoms with van der Waals surface area (Å²) in [5.41, 5.74) is 1.39. The smallest absolute Gasteiger partial charge is 0.262 e. The first-order valence-corrected chi connectivity index (χ1v) is 10.3. The first kappa shape index (κ1) is 20.6. The second kappa shape index (κ2) is 8.63. The van der Waals surface area contributed by atoms with Crippen molar-refractivity contribution in [3.8, 4) is 0 Å². The molecular formula is C21H26N4O5. The van der Waals surface area contributed by atoms with Crippen molar-refractivity contribution in [2.45, 2.75) is 50.4 Å². The number of fused-ring (bicyclic) bond motifs is 1. The Morgan fingerprint density at radius 1 is 1.20 bits per heavy atom. The van der Waals surface area contributed by atoms with Crippen LogP contribution in [0.1, 0.15) is 52.0 Å². The summed E-state index contributed by atoms with van der Waals surface area (Å²) >= 11 is 0. The molecule has 3 N–H and O–H groups in total. The van der Waals surface area contributed by atoms with Crippen LogP contribution < -0.4 is 16.0 Å². The number of hydrogen-bond acceptors (Lipinski definition) is 7. The van der Waals surface area contributed by atoms with Crippen LogP contribution in [0, 0.1) is 0 Å². The minimum atomic E-state index is -0.946. The molecule has 0 aliphatic carbocycles. The first-order valence-electron chi connectivity index (χ1n) is 10.3. The number of piperidine rings is 1. The molecule has 1 aromatic rings. The lowest BCUT2D eigenvalue weighted by Gasteiger charge is -2.27. The Balaban J connectivity index is 1.40. The fourth-order valence-electron chi connectivity index (χ4n) is 4.41. The van der Waals surface area contributed by atoms with E-state index < -0.39 is 23.8 Å². The lowest BCUT2D eigenvalue weighted by atomic mass is 10.0. The molecule has 3 aliphatic rings. The van der Waals surface area contributed by atoms with E-state index in [2.05, 4.69) is 16.0 Å². The topological polar surface area (TPSA) is 117 Å². The van der Waals surface area contributed by atoms with Crippen molar-refractivity contribution in [1.29, 1.82) is 0 Å². The van der Waals surface area contributed by atoms with Gasteiger partial charge in [-0.2, -0.15) is 0 Å². The van der Waals surface area contributed by atoms with Crippen LogP contribution in [-0.2, 0) is 20.9 Å². The highest BCUT2D eigenvalue weighted by molar-refractivity contribution is 6.24. The second-order valence-electron chi connectivity index (χ2n) is 7.95. The third-order valence-electron chi connectivity index (χ3n) is 6.05. The molecular weight excluding hydrogens is 388 g/mol. The molecule has 9 heteroatoms. The predicted molar refractivity (Wildman–Crippen MR) is 107 cm³/mol. The summed E-state index contributed by atoms with van der Waals surface area (Å²) in [6, 6.07) is 4.63. The van der Waals surface area contributed by atoms with Crippen molar-refractivity contribution in [1.82, 2.24) is 20.9 Å². The maximum absolute atomic E-state index is 13.1. The zero-order chi connectivity index (χ0) is 21.3. The molecule has 3 heterocycles. The number of ether oxygens (including phenoxy) is 1. The number of nitrogens with zero attached hydrogens (tertiary/aromatic N) is 1. The van der Waals surface area contributed by atoms with Gasteiger partial charge in [0.15, 0.2) is 0 Å². The molecule has 3 atom stereocenters. The molecule has 1 aromatic carbocycles. The minimum absolute atomic E-state index is 0.108. The standard InChI is InChI=1S/C21H26N4O5/c1-30-14-9-13(23-11-14)7-8-22-10-12-3-2-4-15-18(12)21(29)25(20(15)28)16-5-6-17(26)24-19(16)27/h2-4,13-14,16,22-23H,5-11H2,1H3,(H,24,26,27)/t13-,14+,16?/m1/s1. The molecule has 2 fully saturated rings. The average Bonchev–Trinajstić information content (AvgIpc) is 3.29. The SMILES string of the molecule is CO[C@@H]1CN[C@H](CCNCc2cccc3c2C(=O)N(C2CCC(=O)NC2=O)C3=O)C1. The van der Waals surface area contributed by atoms with E-state index in [1.807, 2.05) is 6.07 Å². The average molecular weight is 414 g/mol. The van der Waals surface area contributed by atoms with Gasteiger partial charge in [0.1, 0.15) is 6.04 Å². The van der Waals surface area contributed by atoms with Gasteiger partial charge >= 0.3 is 0 Å². The zero-order valence-electron chi connectivity index (χ0n) is 16.9. The van der Waals surface area contributed by atoms with Gasteiger partial charge in [-0.25, -0.2) is 0 Å². The molecule has 2 saturated heterocycles. The molecule has 9 nitrogen and oxygen atoms in total. The molecule has 0 spiro atoms. The monoisotopic (exact) mass is 414 g/mol. The Bertz CT molecular complexity index is 886. The summed E-state index contributed by atoms with van der Waals surface area (Å²) < 4.78 is 5.36. The number of carbonyl (C=O) groups is 4. The van der Waals surface area contributed by atoms with E-state index in [0.717, 1.165) is 36.4 Å². The molecule has 0 aromatic heterocycles. The van der Waals surface area contributed by atoms with Crippen molar-refractivity contribution < 1.29 is 23.9 Å². The van der Waals surface area contributed by atoms with Crippen LogP contribution in [0.25, 0.3) is 0 Å². The highest BCUT2D eigenvalue weighted by Crippen LogP contribution is 2.29. The first-order chi connectivity index (χ1) is 14.5. The van der Waals surface area contributed by atoms with Gasteiger partial charge in [0.05, 0.1) is 17.2 Å². The number of carbonyl (C=O) groups excluding carboxylic acids is 4. The Morgan fingerprint density at radius 2 is 2.03 bits per heavy atom. The normalized spacial score (nSPS) is 26.3. The Hall–Kier alpha value is -2.62. The molecule has 30 heavy (non-hydrogen) atoms. The third kappa shape index (κ3) is 3.88. The van der Waals surface area contributed by atoms with E-state index >= 15 is 0 Å². The van der Waals surface area contributed by atoms with Gasteiger partial charge in [-0.15, -0.1) is 0 Å². The van der Waals surface area contributed by atoms with Gasteiger partial charge < -0.3 is 15.4 Å². The Morgan fingerprint density at radius 3 is 2.77 bits per heavy atom. The molecule has 0 saturated carbocycles. The highest BCUT2D eigenvalue weighted by atomic mass is 16.5. The Labute approximate surface area is 174 Å².